The van der Waals surface area contributed by atoms with Crippen LogP contribution in [0, 0.1) is 0 Å². The van der Waals surface area contributed by atoms with Crippen LogP contribution < -0.4 is 31.2 Å². The van der Waals surface area contributed by atoms with E-state index in [4.69, 9.17) is 22.9 Å². The Balaban J connectivity index is 0.000000212. The molecule has 0 bridgehead atoms. The van der Waals surface area contributed by atoms with Crippen molar-refractivity contribution < 1.29 is 2.85 Å². The van der Waals surface area contributed by atoms with Crippen molar-refractivity contribution in [2.45, 2.75) is 0 Å². The first-order chi connectivity index (χ1) is 27.7. The van der Waals surface area contributed by atoms with E-state index in [0.717, 1.165) is 28.2 Å². The largest absolute Gasteiger partial charge is 2.00 e. The fraction of sp³-hybridized carbons (Fsp3) is 0. The van der Waals surface area contributed by atoms with Crippen LogP contribution in [0.2, 0.25) is 0 Å². The van der Waals surface area contributed by atoms with Crippen LogP contribution in [0.25, 0.3) is 0 Å². The predicted molar refractivity (Wildman–Crippen MR) is 253 cm³/mol. The molecule has 0 amide bonds. The molecule has 276 valence electrons. The average Bonchev–Trinajstić information content (AvgIpc) is 3.62. The fourth-order valence-electron chi connectivity index (χ4n) is 6.57. The van der Waals surface area contributed by atoms with Gasteiger partial charge < -0.3 is 23.1 Å². The van der Waals surface area contributed by atoms with Gasteiger partial charge in [-0.1, -0.05) is 158 Å². The second-order valence-electron chi connectivity index (χ2n) is 12.9. The van der Waals surface area contributed by atoms with Crippen LogP contribution in [0.3, 0.4) is 0 Å². The number of anilines is 8. The van der Waals surface area contributed by atoms with E-state index >= 15 is 0 Å². The van der Waals surface area contributed by atoms with Gasteiger partial charge in [0.15, 0.2) is 0 Å². The maximum Gasteiger partial charge on any atom is 2.00 e. The van der Waals surface area contributed by atoms with E-state index in [9.17, 15) is 0 Å². The van der Waals surface area contributed by atoms with E-state index in [-0.39, 0.29) is 47.6 Å². The molecule has 9 rings (SSSR count). The fourth-order valence-corrected chi connectivity index (χ4v) is 6.86. The molecule has 0 fully saturated rings. The van der Waals surface area contributed by atoms with Gasteiger partial charge in [-0.05, 0) is 83.7 Å². The minimum atomic E-state index is -0.397. The summed E-state index contributed by atoms with van der Waals surface area (Å²) in [6.45, 7) is 0.0633. The van der Waals surface area contributed by atoms with Gasteiger partial charge in [-0.25, -0.2) is 0 Å². The number of rotatable bonds is 8. The third-order valence-corrected chi connectivity index (χ3v) is 9.64. The molecular weight excluding hydrogens is 765 g/mol. The Labute approximate surface area is 380 Å². The van der Waals surface area contributed by atoms with Crippen LogP contribution in [-0.4, -0.2) is 50.3 Å². The molecule has 0 radical (unpaired) electrons. The van der Waals surface area contributed by atoms with Crippen molar-refractivity contribution in [3.63, 3.8) is 0 Å². The third-order valence-electron chi connectivity index (χ3n) is 9.14. The molecule has 0 saturated heterocycles. The molecule has 8 aromatic rings. The van der Waals surface area contributed by atoms with E-state index in [1.165, 1.54) is 28.2 Å². The number of benzene rings is 8. The Morgan fingerprint density at radius 2 is 0.702 bits per heavy atom. The van der Waals surface area contributed by atoms with E-state index in [1.54, 1.807) is 0 Å². The molecule has 4 nitrogen and oxygen atoms in total. The van der Waals surface area contributed by atoms with Crippen molar-refractivity contribution in [1.82, 2.24) is 0 Å². The molecule has 9 heteroatoms. The number of hydrogen-bond donors (Lipinski definition) is 2. The van der Waals surface area contributed by atoms with E-state index < -0.39 is 5.54 Å². The molecule has 0 spiro atoms. The van der Waals surface area contributed by atoms with Gasteiger partial charge in [-0.3, -0.25) is 0 Å². The first-order valence-corrected chi connectivity index (χ1v) is 19.4. The summed E-state index contributed by atoms with van der Waals surface area (Å²) in [4.78, 5) is 4.86. The maximum atomic E-state index is 5.57. The average molecular weight is 808 g/mol. The van der Waals surface area contributed by atoms with Gasteiger partial charge in [0.05, 0.1) is 22.7 Å². The molecule has 0 aromatic heterocycles. The molecule has 0 aliphatic carbocycles. The van der Waals surface area contributed by atoms with Crippen LogP contribution in [0.4, 0.5) is 45.5 Å². The SMILES string of the molecule is ClB(Cl)c1ccccc1.[Ca+2].[H-].[H-].c1ccc(B2N(c3ccccc3)c3ccccc3N2c2ccccc2)cc1.c1ccc(Nc2ccccc2Nc2ccccc2)cc1. The van der Waals surface area contributed by atoms with Gasteiger partial charge in [0, 0.05) is 22.7 Å². The van der Waals surface area contributed by atoms with Crippen LogP contribution in [0.5, 0.6) is 0 Å². The van der Waals surface area contributed by atoms with E-state index in [2.05, 4.69) is 172 Å². The van der Waals surface area contributed by atoms with Crippen molar-refractivity contribution >= 4 is 130 Å². The molecule has 0 saturated carbocycles. The zero-order chi connectivity index (χ0) is 38.4. The number of nitrogens with zero attached hydrogens (tertiary/aromatic N) is 2. The second-order valence-corrected chi connectivity index (χ2v) is 14.0. The molecular formula is C48H42B2CaCl2N4. The van der Waals surface area contributed by atoms with Gasteiger partial charge >= 0.3 is 50.3 Å². The van der Waals surface area contributed by atoms with Gasteiger partial charge in [0.25, 0.3) is 0 Å². The Morgan fingerprint density at radius 3 is 1.07 bits per heavy atom. The van der Waals surface area contributed by atoms with Crippen molar-refractivity contribution in [3.05, 3.63) is 231 Å². The summed E-state index contributed by atoms with van der Waals surface area (Å²) >= 11 is 11.1. The van der Waals surface area contributed by atoms with Gasteiger partial charge in [-0.2, -0.15) is 22.9 Å². The first-order valence-electron chi connectivity index (χ1n) is 18.5. The van der Waals surface area contributed by atoms with E-state index in [1.807, 2.05) is 78.9 Å². The molecule has 8 aromatic carbocycles. The molecule has 0 atom stereocenters. The van der Waals surface area contributed by atoms with Crippen LogP contribution >= 0.6 is 22.9 Å². The Kier molecular flexibility index (Phi) is 15.6. The molecule has 1 aliphatic rings. The number of halogens is 2. The minimum absolute atomic E-state index is 0. The summed E-state index contributed by atoms with van der Waals surface area (Å²) in [5.74, 6) is 0. The van der Waals surface area contributed by atoms with Crippen LogP contribution in [0.1, 0.15) is 2.85 Å². The Morgan fingerprint density at radius 1 is 0.386 bits per heavy atom. The topological polar surface area (TPSA) is 30.5 Å². The van der Waals surface area contributed by atoms with Crippen LogP contribution in [-0.2, 0) is 0 Å². The molecule has 2 N–H and O–H groups in total. The first kappa shape index (κ1) is 41.6. The minimum Gasteiger partial charge on any atom is -1.00 e. The quantitative estimate of drug-likeness (QED) is 0.150. The van der Waals surface area contributed by atoms with Crippen LogP contribution in [0.15, 0.2) is 231 Å². The predicted octanol–water partition coefficient (Wildman–Crippen LogP) is 12.2. The second kappa shape index (κ2) is 21.5. The molecule has 0 unspecified atom stereocenters. The van der Waals surface area contributed by atoms with E-state index in [0.29, 0.717) is 0 Å². The zero-order valence-corrected chi connectivity index (χ0v) is 35.2. The standard InChI is InChI=1S/C24H19BN2.C18H16N2.C6H5BCl2.Ca.2H/c1-4-12-20(13-5-1)25-26(21-14-6-2-7-15-21)23-18-10-11-19-24(23)27(25)22-16-8-3-9-17-22;1-3-9-15(10-4-1)19-17-13-7-8-14-18(17)20-16-11-5-2-6-12-16;8-7(9)6-4-2-1-3-5-6;;;/h1-19H;1-14,19-20H;1-5H;;;/q;;;+2;2*-1. The Hall–Kier alpha value is -5.07. The molecule has 1 heterocycles. The van der Waals surface area contributed by atoms with Crippen molar-refractivity contribution in [2.75, 3.05) is 20.3 Å². The van der Waals surface area contributed by atoms with Crippen molar-refractivity contribution in [3.8, 4) is 0 Å². The molecule has 57 heavy (non-hydrogen) atoms. The summed E-state index contributed by atoms with van der Waals surface area (Å²) in [6, 6.07) is 78.7. The number of fused-ring (bicyclic) bond motifs is 1. The summed E-state index contributed by atoms with van der Waals surface area (Å²) in [6.07, 6.45) is 0. The van der Waals surface area contributed by atoms with Gasteiger partial charge in [0.1, 0.15) is 0 Å². The number of hydrogen-bond acceptors (Lipinski definition) is 4. The zero-order valence-electron chi connectivity index (χ0n) is 33.5. The summed E-state index contributed by atoms with van der Waals surface area (Å²) < 4.78 is 0. The summed E-state index contributed by atoms with van der Waals surface area (Å²) in [5.41, 5.74) is 10.9. The normalized spacial score (nSPS) is 11.1. The summed E-state index contributed by atoms with van der Waals surface area (Å²) in [7, 11) is 0. The number of para-hydroxylation sites is 8. The summed E-state index contributed by atoms with van der Waals surface area (Å²) in [5, 5.41) is 6.86. The van der Waals surface area contributed by atoms with Crippen molar-refractivity contribution in [1.29, 1.82) is 0 Å². The van der Waals surface area contributed by atoms with Gasteiger partial charge in [-0.15, -0.1) is 0 Å². The monoisotopic (exact) mass is 806 g/mol. The van der Waals surface area contributed by atoms with Crippen molar-refractivity contribution in [2.24, 2.45) is 0 Å². The third kappa shape index (κ3) is 11.1. The van der Waals surface area contributed by atoms with Gasteiger partial charge in [0.2, 0.25) is 0 Å². The maximum absolute atomic E-state index is 5.57. The molecule has 1 aliphatic heterocycles. The smallest absolute Gasteiger partial charge is 1.00 e. The Bertz CT molecular complexity index is 2250. The number of nitrogens with one attached hydrogen (secondary N) is 2.